The first-order valence-corrected chi connectivity index (χ1v) is 8.10. The maximum Gasteiger partial charge on any atom is 0.124 e. The third-order valence-corrected chi connectivity index (χ3v) is 3.67. The van der Waals surface area contributed by atoms with E-state index < -0.39 is 0 Å². The molecule has 0 heterocycles. The summed E-state index contributed by atoms with van der Waals surface area (Å²) in [6, 6.07) is 22.7. The molecule has 0 aliphatic carbocycles. The van der Waals surface area contributed by atoms with Crippen molar-refractivity contribution < 1.29 is 9.50 Å². The van der Waals surface area contributed by atoms with Crippen molar-refractivity contribution in [1.29, 1.82) is 0 Å². The first-order chi connectivity index (χ1) is 12.7. The molecule has 0 saturated carbocycles. The van der Waals surface area contributed by atoms with E-state index in [2.05, 4.69) is 10.2 Å². The summed E-state index contributed by atoms with van der Waals surface area (Å²) in [7, 11) is 0. The van der Waals surface area contributed by atoms with Crippen LogP contribution in [0, 0.1) is 5.82 Å². The number of rotatable bonds is 5. The fourth-order valence-corrected chi connectivity index (χ4v) is 2.30. The molecular formula is C22H17FN2O. The maximum absolute atomic E-state index is 13.2. The van der Waals surface area contributed by atoms with Gasteiger partial charge in [0, 0.05) is 11.1 Å². The SMILES string of the molecule is Oc1ccccc1/C=N/N=C(/C=C\c1ccccc1)c1ccc(F)cc1. The van der Waals surface area contributed by atoms with Crippen LogP contribution in [0.2, 0.25) is 0 Å². The highest BCUT2D eigenvalue weighted by Crippen LogP contribution is 2.13. The van der Waals surface area contributed by atoms with E-state index >= 15 is 0 Å². The van der Waals surface area contributed by atoms with Crippen LogP contribution >= 0.6 is 0 Å². The van der Waals surface area contributed by atoms with E-state index in [1.807, 2.05) is 42.5 Å². The van der Waals surface area contributed by atoms with Crippen LogP contribution in [0.4, 0.5) is 4.39 Å². The first-order valence-electron chi connectivity index (χ1n) is 8.10. The molecule has 0 atom stereocenters. The van der Waals surface area contributed by atoms with Gasteiger partial charge < -0.3 is 5.11 Å². The number of para-hydroxylation sites is 1. The van der Waals surface area contributed by atoms with Crippen molar-refractivity contribution >= 4 is 18.0 Å². The lowest BCUT2D eigenvalue weighted by Crippen LogP contribution is -1.96. The standard InChI is InChI=1S/C22H17FN2O/c23-20-13-11-18(12-14-20)21(15-10-17-6-2-1-3-7-17)25-24-16-19-8-4-5-9-22(19)26/h1-16,26H/b15-10-,24-16+,25-21-. The van der Waals surface area contributed by atoms with E-state index in [0.717, 1.165) is 11.1 Å². The predicted molar refractivity (Wildman–Crippen MR) is 104 cm³/mol. The van der Waals surface area contributed by atoms with Gasteiger partial charge in [-0.1, -0.05) is 48.5 Å². The third-order valence-electron chi connectivity index (χ3n) is 3.67. The molecule has 0 aromatic heterocycles. The van der Waals surface area contributed by atoms with Crippen LogP contribution in [0.1, 0.15) is 16.7 Å². The Morgan fingerprint density at radius 3 is 2.27 bits per heavy atom. The number of phenols is 1. The Hall–Kier alpha value is -3.53. The molecule has 3 aromatic rings. The summed E-state index contributed by atoms with van der Waals surface area (Å²) in [6.07, 6.45) is 5.22. The summed E-state index contributed by atoms with van der Waals surface area (Å²) in [5.74, 6) is -0.174. The van der Waals surface area contributed by atoms with Gasteiger partial charge in [-0.05, 0) is 48.0 Å². The van der Waals surface area contributed by atoms with Crippen molar-refractivity contribution in [3.63, 3.8) is 0 Å². The van der Waals surface area contributed by atoms with Gasteiger partial charge in [0.05, 0.1) is 11.9 Å². The highest BCUT2D eigenvalue weighted by atomic mass is 19.1. The Morgan fingerprint density at radius 1 is 0.846 bits per heavy atom. The van der Waals surface area contributed by atoms with E-state index in [1.165, 1.54) is 18.3 Å². The number of allylic oxidation sites excluding steroid dienone is 1. The van der Waals surface area contributed by atoms with Gasteiger partial charge >= 0.3 is 0 Å². The van der Waals surface area contributed by atoms with Crippen LogP contribution in [0.25, 0.3) is 6.08 Å². The van der Waals surface area contributed by atoms with Gasteiger partial charge in [0.1, 0.15) is 11.6 Å². The van der Waals surface area contributed by atoms with E-state index in [0.29, 0.717) is 11.3 Å². The molecule has 0 fully saturated rings. The van der Waals surface area contributed by atoms with Crippen LogP contribution in [-0.2, 0) is 0 Å². The second-order valence-corrected chi connectivity index (χ2v) is 5.54. The Balaban J connectivity index is 1.90. The molecule has 3 nitrogen and oxygen atoms in total. The Bertz CT molecular complexity index is 945. The summed E-state index contributed by atoms with van der Waals surface area (Å²) in [5.41, 5.74) is 2.92. The monoisotopic (exact) mass is 344 g/mol. The van der Waals surface area contributed by atoms with Gasteiger partial charge in [0.15, 0.2) is 0 Å². The van der Waals surface area contributed by atoms with Crippen LogP contribution in [0.5, 0.6) is 5.75 Å². The topological polar surface area (TPSA) is 45.0 Å². The fourth-order valence-electron chi connectivity index (χ4n) is 2.30. The minimum absolute atomic E-state index is 0.134. The molecule has 0 aliphatic rings. The lowest BCUT2D eigenvalue weighted by Gasteiger charge is -2.01. The number of hydrogen-bond donors (Lipinski definition) is 1. The molecule has 3 aromatic carbocycles. The van der Waals surface area contributed by atoms with Crippen molar-refractivity contribution in [2.45, 2.75) is 0 Å². The Kier molecular flexibility index (Phi) is 5.68. The molecular weight excluding hydrogens is 327 g/mol. The average Bonchev–Trinajstić information content (AvgIpc) is 2.67. The normalized spacial score (nSPS) is 12.1. The summed E-state index contributed by atoms with van der Waals surface area (Å²) < 4.78 is 13.2. The van der Waals surface area contributed by atoms with Gasteiger partial charge in [0.25, 0.3) is 0 Å². The van der Waals surface area contributed by atoms with Gasteiger partial charge in [-0.2, -0.15) is 10.2 Å². The molecule has 0 amide bonds. The van der Waals surface area contributed by atoms with E-state index in [9.17, 15) is 9.50 Å². The van der Waals surface area contributed by atoms with E-state index in [1.54, 1.807) is 36.4 Å². The third kappa shape index (κ3) is 4.74. The number of halogens is 1. The minimum Gasteiger partial charge on any atom is -0.507 e. The van der Waals surface area contributed by atoms with Crippen LogP contribution in [0.15, 0.2) is 95.1 Å². The summed E-state index contributed by atoms with van der Waals surface area (Å²) in [4.78, 5) is 0. The number of phenolic OH excluding ortho intramolecular Hbond substituents is 1. The first kappa shape index (κ1) is 17.3. The van der Waals surface area contributed by atoms with Crippen molar-refractivity contribution in [2.24, 2.45) is 10.2 Å². The second-order valence-electron chi connectivity index (χ2n) is 5.54. The van der Waals surface area contributed by atoms with Gasteiger partial charge in [-0.3, -0.25) is 0 Å². The zero-order chi connectivity index (χ0) is 18.2. The minimum atomic E-state index is -0.308. The van der Waals surface area contributed by atoms with Crippen LogP contribution < -0.4 is 0 Å². The molecule has 3 rings (SSSR count). The highest BCUT2D eigenvalue weighted by molar-refractivity contribution is 6.10. The maximum atomic E-state index is 13.2. The molecule has 0 spiro atoms. The fraction of sp³-hybridized carbons (Fsp3) is 0. The number of benzene rings is 3. The molecule has 4 heteroatoms. The van der Waals surface area contributed by atoms with Crippen molar-refractivity contribution in [1.82, 2.24) is 0 Å². The number of hydrogen-bond acceptors (Lipinski definition) is 3. The van der Waals surface area contributed by atoms with Gasteiger partial charge in [-0.15, -0.1) is 0 Å². The zero-order valence-electron chi connectivity index (χ0n) is 14.0. The molecule has 26 heavy (non-hydrogen) atoms. The Labute approximate surface area is 151 Å². The lowest BCUT2D eigenvalue weighted by atomic mass is 10.1. The van der Waals surface area contributed by atoms with E-state index in [4.69, 9.17) is 0 Å². The summed E-state index contributed by atoms with van der Waals surface area (Å²) in [6.45, 7) is 0. The lowest BCUT2D eigenvalue weighted by molar-refractivity contribution is 0.474. The van der Waals surface area contributed by atoms with Crippen molar-refractivity contribution in [3.05, 3.63) is 107 Å². The zero-order valence-corrected chi connectivity index (χ0v) is 14.0. The molecule has 0 aliphatic heterocycles. The van der Waals surface area contributed by atoms with Crippen molar-refractivity contribution in [2.75, 3.05) is 0 Å². The highest BCUT2D eigenvalue weighted by Gasteiger charge is 2.01. The molecule has 0 bridgehead atoms. The molecule has 0 radical (unpaired) electrons. The van der Waals surface area contributed by atoms with E-state index in [-0.39, 0.29) is 11.6 Å². The summed E-state index contributed by atoms with van der Waals surface area (Å²) in [5, 5.41) is 18.1. The second kappa shape index (κ2) is 8.53. The summed E-state index contributed by atoms with van der Waals surface area (Å²) >= 11 is 0. The predicted octanol–water partition coefficient (Wildman–Crippen LogP) is 5.07. The van der Waals surface area contributed by atoms with Crippen LogP contribution in [-0.4, -0.2) is 17.0 Å². The molecule has 0 saturated heterocycles. The smallest absolute Gasteiger partial charge is 0.124 e. The average molecular weight is 344 g/mol. The van der Waals surface area contributed by atoms with Crippen LogP contribution in [0.3, 0.4) is 0 Å². The molecule has 0 unspecified atom stereocenters. The molecule has 1 N–H and O–H groups in total. The molecule has 128 valence electrons. The quantitative estimate of drug-likeness (QED) is 0.510. The number of aromatic hydroxyl groups is 1. The van der Waals surface area contributed by atoms with Crippen molar-refractivity contribution in [3.8, 4) is 5.75 Å². The Morgan fingerprint density at radius 2 is 1.54 bits per heavy atom. The number of nitrogens with zero attached hydrogens (tertiary/aromatic N) is 2. The van der Waals surface area contributed by atoms with Gasteiger partial charge in [0.2, 0.25) is 0 Å². The van der Waals surface area contributed by atoms with Gasteiger partial charge in [-0.25, -0.2) is 4.39 Å². The largest absolute Gasteiger partial charge is 0.507 e.